The molecule has 0 unspecified atom stereocenters. The van der Waals surface area contributed by atoms with Gasteiger partial charge in [0.05, 0.1) is 19.4 Å². The average Bonchev–Trinajstić information content (AvgIpc) is 2.77. The van der Waals surface area contributed by atoms with Gasteiger partial charge in [-0.15, -0.1) is 0 Å². The number of fused-ring (bicyclic) bond motifs is 1. The second-order valence-corrected chi connectivity index (χ2v) is 7.48. The molecular weight excluding hydrogens is 354 g/mol. The van der Waals surface area contributed by atoms with Gasteiger partial charge in [-0.25, -0.2) is 4.79 Å². The number of carbonyl (C=O) groups is 1. The van der Waals surface area contributed by atoms with E-state index < -0.39 is 0 Å². The van der Waals surface area contributed by atoms with E-state index in [0.29, 0.717) is 11.5 Å². The molecule has 6 heteroatoms. The van der Waals surface area contributed by atoms with Crippen molar-refractivity contribution in [3.63, 3.8) is 0 Å². The van der Waals surface area contributed by atoms with Crippen molar-refractivity contribution in [3.05, 3.63) is 53.3 Å². The van der Waals surface area contributed by atoms with Crippen molar-refractivity contribution in [3.8, 4) is 5.75 Å². The van der Waals surface area contributed by atoms with Crippen molar-refractivity contribution in [2.45, 2.75) is 25.8 Å². The smallest absolute Gasteiger partial charge is 0.341 e. The van der Waals surface area contributed by atoms with Gasteiger partial charge in [0.15, 0.2) is 0 Å². The summed E-state index contributed by atoms with van der Waals surface area (Å²) in [5.74, 6) is 1.15. The maximum atomic E-state index is 12.0. The highest BCUT2D eigenvalue weighted by molar-refractivity contribution is 5.95. The summed E-state index contributed by atoms with van der Waals surface area (Å²) in [6, 6.07) is 8.37. The topological polar surface area (TPSA) is 63.7 Å². The standard InChI is InChI=1S/C22H27N3O3/c1-27-22(26)20-14-24-9-5-21(20)25-10-6-16(7-11-25)15-28-19-3-2-17-4-8-23-13-18(17)12-19/h2-3,5,9,12,14,16,23H,4,6-8,10-11,13,15H2,1H3. The van der Waals surface area contributed by atoms with Crippen LogP contribution in [-0.2, 0) is 17.7 Å². The Labute approximate surface area is 165 Å². The molecule has 28 heavy (non-hydrogen) atoms. The Hall–Kier alpha value is -2.60. The van der Waals surface area contributed by atoms with Crippen molar-refractivity contribution >= 4 is 11.7 Å². The van der Waals surface area contributed by atoms with Crippen LogP contribution in [0.4, 0.5) is 5.69 Å². The van der Waals surface area contributed by atoms with Crippen molar-refractivity contribution in [1.82, 2.24) is 10.3 Å². The van der Waals surface area contributed by atoms with E-state index in [1.807, 2.05) is 6.07 Å². The number of benzene rings is 1. The number of aromatic nitrogens is 1. The average molecular weight is 381 g/mol. The SMILES string of the molecule is COC(=O)c1cnccc1N1CCC(COc2ccc3c(c2)CNCC3)CC1. The van der Waals surface area contributed by atoms with E-state index in [1.165, 1.54) is 18.2 Å². The Balaban J connectivity index is 1.32. The number of methoxy groups -OCH3 is 1. The van der Waals surface area contributed by atoms with Crippen LogP contribution in [-0.4, -0.2) is 44.3 Å². The molecule has 2 aromatic rings. The van der Waals surface area contributed by atoms with Crippen LogP contribution < -0.4 is 15.0 Å². The van der Waals surface area contributed by atoms with Crippen LogP contribution in [0.2, 0.25) is 0 Å². The third kappa shape index (κ3) is 4.12. The maximum absolute atomic E-state index is 12.0. The highest BCUT2D eigenvalue weighted by atomic mass is 16.5. The molecule has 0 amide bonds. The molecule has 148 valence electrons. The number of rotatable bonds is 5. The zero-order valence-corrected chi connectivity index (χ0v) is 16.3. The van der Waals surface area contributed by atoms with Gasteiger partial charge in [0, 0.05) is 32.0 Å². The van der Waals surface area contributed by atoms with E-state index in [9.17, 15) is 4.79 Å². The lowest BCUT2D eigenvalue weighted by Crippen LogP contribution is -2.36. The minimum absolute atomic E-state index is 0.338. The monoisotopic (exact) mass is 381 g/mol. The molecule has 0 aliphatic carbocycles. The van der Waals surface area contributed by atoms with Gasteiger partial charge >= 0.3 is 5.97 Å². The molecule has 1 N–H and O–H groups in total. The van der Waals surface area contributed by atoms with Gasteiger partial charge in [0.2, 0.25) is 0 Å². The number of ether oxygens (including phenoxy) is 2. The fraction of sp³-hybridized carbons (Fsp3) is 0.455. The largest absolute Gasteiger partial charge is 0.493 e. The number of piperidine rings is 1. The van der Waals surface area contributed by atoms with Crippen molar-refractivity contribution < 1.29 is 14.3 Å². The first kappa shape index (κ1) is 18.7. The summed E-state index contributed by atoms with van der Waals surface area (Å²) in [5, 5.41) is 3.41. The van der Waals surface area contributed by atoms with Gasteiger partial charge < -0.3 is 19.7 Å². The van der Waals surface area contributed by atoms with Crippen LogP contribution in [0.3, 0.4) is 0 Å². The van der Waals surface area contributed by atoms with Crippen LogP contribution in [0.15, 0.2) is 36.7 Å². The quantitative estimate of drug-likeness (QED) is 0.804. The summed E-state index contributed by atoms with van der Waals surface area (Å²) in [4.78, 5) is 18.3. The number of carbonyl (C=O) groups excluding carboxylic acids is 1. The van der Waals surface area contributed by atoms with Crippen molar-refractivity contribution in [1.29, 1.82) is 0 Å². The predicted octanol–water partition coefficient (Wildman–Crippen LogP) is 2.81. The maximum Gasteiger partial charge on any atom is 0.341 e. The zero-order chi connectivity index (χ0) is 19.3. The second-order valence-electron chi connectivity index (χ2n) is 7.48. The molecule has 1 aromatic heterocycles. The van der Waals surface area contributed by atoms with Gasteiger partial charge in [-0.3, -0.25) is 4.98 Å². The number of nitrogens with zero attached hydrogens (tertiary/aromatic N) is 2. The highest BCUT2D eigenvalue weighted by Crippen LogP contribution is 2.27. The Kier molecular flexibility index (Phi) is 5.76. The first-order chi connectivity index (χ1) is 13.7. The first-order valence-corrected chi connectivity index (χ1v) is 9.97. The van der Waals surface area contributed by atoms with E-state index >= 15 is 0 Å². The zero-order valence-electron chi connectivity index (χ0n) is 16.3. The molecule has 6 nitrogen and oxygen atoms in total. The van der Waals surface area contributed by atoms with E-state index in [4.69, 9.17) is 9.47 Å². The summed E-state index contributed by atoms with van der Waals surface area (Å²) in [6.45, 7) is 4.52. The van der Waals surface area contributed by atoms with E-state index in [2.05, 4.69) is 33.4 Å². The second kappa shape index (κ2) is 8.61. The molecule has 0 radical (unpaired) electrons. The Morgan fingerprint density at radius 3 is 2.93 bits per heavy atom. The molecule has 2 aliphatic heterocycles. The van der Waals surface area contributed by atoms with E-state index in [1.54, 1.807) is 12.4 Å². The molecule has 0 spiro atoms. The molecule has 4 rings (SSSR count). The lowest BCUT2D eigenvalue weighted by molar-refractivity contribution is 0.0601. The molecule has 0 atom stereocenters. The van der Waals surface area contributed by atoms with Crippen LogP contribution >= 0.6 is 0 Å². The molecule has 2 aliphatic rings. The summed E-state index contributed by atoms with van der Waals surface area (Å²) in [5.41, 5.74) is 4.22. The summed E-state index contributed by atoms with van der Waals surface area (Å²) < 4.78 is 11.0. The summed E-state index contributed by atoms with van der Waals surface area (Å²) >= 11 is 0. The Morgan fingerprint density at radius 1 is 1.25 bits per heavy atom. The van der Waals surface area contributed by atoms with Crippen LogP contribution in [0.1, 0.15) is 34.3 Å². The highest BCUT2D eigenvalue weighted by Gasteiger charge is 2.24. The van der Waals surface area contributed by atoms with Crippen LogP contribution in [0, 0.1) is 5.92 Å². The fourth-order valence-corrected chi connectivity index (χ4v) is 4.03. The number of esters is 1. The molecule has 0 bridgehead atoms. The minimum atomic E-state index is -0.338. The molecule has 3 heterocycles. The van der Waals surface area contributed by atoms with Gasteiger partial charge in [0.25, 0.3) is 0 Å². The van der Waals surface area contributed by atoms with Crippen LogP contribution in [0.5, 0.6) is 5.75 Å². The lowest BCUT2D eigenvalue weighted by atomic mass is 9.97. The normalized spacial score (nSPS) is 17.1. The van der Waals surface area contributed by atoms with Gasteiger partial charge in [-0.1, -0.05) is 6.07 Å². The number of anilines is 1. The number of hydrogen-bond donors (Lipinski definition) is 1. The third-order valence-electron chi connectivity index (χ3n) is 5.71. The Bertz CT molecular complexity index is 832. The van der Waals surface area contributed by atoms with Gasteiger partial charge in [0.1, 0.15) is 11.3 Å². The van der Waals surface area contributed by atoms with E-state index in [-0.39, 0.29) is 5.97 Å². The van der Waals surface area contributed by atoms with Crippen molar-refractivity contribution in [2.24, 2.45) is 5.92 Å². The predicted molar refractivity (Wildman–Crippen MR) is 108 cm³/mol. The van der Waals surface area contributed by atoms with Gasteiger partial charge in [-0.2, -0.15) is 0 Å². The Morgan fingerprint density at radius 2 is 2.11 bits per heavy atom. The fourth-order valence-electron chi connectivity index (χ4n) is 4.03. The van der Waals surface area contributed by atoms with Crippen LogP contribution in [0.25, 0.3) is 0 Å². The minimum Gasteiger partial charge on any atom is -0.493 e. The number of nitrogens with one attached hydrogen (secondary N) is 1. The number of hydrogen-bond acceptors (Lipinski definition) is 6. The molecule has 1 saturated heterocycles. The first-order valence-electron chi connectivity index (χ1n) is 9.97. The molecule has 0 saturated carbocycles. The molecule has 1 fully saturated rings. The third-order valence-corrected chi connectivity index (χ3v) is 5.71. The number of pyridine rings is 1. The molecular formula is C22H27N3O3. The summed E-state index contributed by atoms with van der Waals surface area (Å²) in [7, 11) is 1.40. The lowest BCUT2D eigenvalue weighted by Gasteiger charge is -2.34. The van der Waals surface area contributed by atoms with E-state index in [0.717, 1.165) is 63.5 Å². The summed E-state index contributed by atoms with van der Waals surface area (Å²) in [6.07, 6.45) is 6.48. The van der Waals surface area contributed by atoms with Crippen molar-refractivity contribution in [2.75, 3.05) is 38.3 Å². The molecule has 1 aromatic carbocycles. The van der Waals surface area contributed by atoms with Gasteiger partial charge in [-0.05, 0) is 61.1 Å².